The average molecular weight is 334 g/mol. The second-order valence-electron chi connectivity index (χ2n) is 6.94. The highest BCUT2D eigenvalue weighted by atomic mass is 16.2. The number of amides is 2. The zero-order valence-electron chi connectivity index (χ0n) is 14.3. The first kappa shape index (κ1) is 15.9. The number of nitrogens with zero attached hydrogens (tertiary/aromatic N) is 2. The number of hydrogen-bond acceptors (Lipinski definition) is 2. The van der Waals surface area contributed by atoms with E-state index < -0.39 is 0 Å². The van der Waals surface area contributed by atoms with E-state index in [-0.39, 0.29) is 23.8 Å². The zero-order valence-corrected chi connectivity index (χ0v) is 14.3. The Morgan fingerprint density at radius 3 is 2.36 bits per heavy atom. The van der Waals surface area contributed by atoms with Crippen LogP contribution in [0.2, 0.25) is 0 Å². The van der Waals surface area contributed by atoms with Crippen LogP contribution in [0, 0.1) is 5.92 Å². The summed E-state index contributed by atoms with van der Waals surface area (Å²) in [6.07, 6.45) is 1.58. The van der Waals surface area contributed by atoms with E-state index in [2.05, 4.69) is 12.1 Å². The van der Waals surface area contributed by atoms with Crippen molar-refractivity contribution in [1.82, 2.24) is 4.90 Å². The summed E-state index contributed by atoms with van der Waals surface area (Å²) in [4.78, 5) is 29.1. The minimum Gasteiger partial charge on any atom is -0.333 e. The molecule has 1 aliphatic heterocycles. The number of anilines is 1. The molecule has 2 fully saturated rings. The van der Waals surface area contributed by atoms with Crippen LogP contribution in [-0.2, 0) is 9.59 Å². The Morgan fingerprint density at radius 1 is 1.04 bits per heavy atom. The molecule has 3 atom stereocenters. The minimum absolute atomic E-state index is 0.0194. The van der Waals surface area contributed by atoms with Crippen molar-refractivity contribution in [2.45, 2.75) is 24.8 Å². The van der Waals surface area contributed by atoms with Gasteiger partial charge in [-0.15, -0.1) is 0 Å². The molecule has 3 unspecified atom stereocenters. The van der Waals surface area contributed by atoms with Crippen LogP contribution >= 0.6 is 0 Å². The number of carbonyl (C=O) groups excluding carboxylic acids is 2. The normalized spacial score (nSPS) is 25.1. The van der Waals surface area contributed by atoms with Crippen molar-refractivity contribution >= 4 is 17.5 Å². The third kappa shape index (κ3) is 2.93. The Balaban J connectivity index is 1.43. The summed E-state index contributed by atoms with van der Waals surface area (Å²) in [5.41, 5.74) is 2.13. The van der Waals surface area contributed by atoms with Gasteiger partial charge in [-0.3, -0.25) is 9.59 Å². The van der Waals surface area contributed by atoms with Crippen molar-refractivity contribution < 1.29 is 9.59 Å². The van der Waals surface area contributed by atoms with Gasteiger partial charge in [-0.25, -0.2) is 0 Å². The lowest BCUT2D eigenvalue weighted by atomic mass is 10.1. The third-order valence-electron chi connectivity index (χ3n) is 5.40. The molecule has 0 aromatic heterocycles. The Bertz CT molecular complexity index is 775. The highest BCUT2D eigenvalue weighted by Gasteiger charge is 2.48. The Hall–Kier alpha value is -2.62. The molecule has 0 N–H and O–H groups in total. The molecule has 4 heteroatoms. The number of rotatable bonds is 4. The molecule has 0 spiro atoms. The maximum Gasteiger partial charge on any atom is 0.249 e. The predicted molar refractivity (Wildman–Crippen MR) is 97.3 cm³/mol. The van der Waals surface area contributed by atoms with Crippen LogP contribution in [-0.4, -0.2) is 36.3 Å². The molecule has 1 saturated heterocycles. The molecule has 4 rings (SSSR count). The molecule has 0 radical (unpaired) electrons. The summed E-state index contributed by atoms with van der Waals surface area (Å²) >= 11 is 0. The molecule has 1 aliphatic carbocycles. The molecule has 128 valence electrons. The lowest BCUT2D eigenvalue weighted by Crippen LogP contribution is -2.43. The van der Waals surface area contributed by atoms with E-state index in [0.717, 1.165) is 12.1 Å². The summed E-state index contributed by atoms with van der Waals surface area (Å²) in [6.45, 7) is 0.665. The first-order chi connectivity index (χ1) is 12.2. The first-order valence-electron chi connectivity index (χ1n) is 8.85. The molecule has 0 bridgehead atoms. The molecule has 2 aromatic carbocycles. The zero-order chi connectivity index (χ0) is 17.4. The van der Waals surface area contributed by atoms with Gasteiger partial charge in [-0.1, -0.05) is 48.5 Å². The maximum atomic E-state index is 12.8. The molecule has 2 aromatic rings. The van der Waals surface area contributed by atoms with Crippen molar-refractivity contribution in [1.29, 1.82) is 0 Å². The van der Waals surface area contributed by atoms with E-state index >= 15 is 0 Å². The van der Waals surface area contributed by atoms with Gasteiger partial charge in [0.2, 0.25) is 11.8 Å². The Kier molecular flexibility index (Phi) is 4.04. The van der Waals surface area contributed by atoms with Crippen molar-refractivity contribution in [3.63, 3.8) is 0 Å². The second-order valence-corrected chi connectivity index (χ2v) is 6.94. The van der Waals surface area contributed by atoms with Crippen molar-refractivity contribution in [2.75, 3.05) is 18.5 Å². The third-order valence-corrected chi connectivity index (χ3v) is 5.40. The Labute approximate surface area is 148 Å². The van der Waals surface area contributed by atoms with Crippen LogP contribution in [0.25, 0.3) is 0 Å². The number of para-hydroxylation sites is 1. The molecule has 4 nitrogen and oxygen atoms in total. The Morgan fingerprint density at radius 2 is 1.68 bits per heavy atom. The fourth-order valence-electron chi connectivity index (χ4n) is 3.84. The highest BCUT2D eigenvalue weighted by Crippen LogP contribution is 2.48. The van der Waals surface area contributed by atoms with Crippen LogP contribution in [0.3, 0.4) is 0 Å². The van der Waals surface area contributed by atoms with Gasteiger partial charge < -0.3 is 9.80 Å². The van der Waals surface area contributed by atoms with Crippen molar-refractivity contribution in [3.8, 4) is 0 Å². The van der Waals surface area contributed by atoms with Crippen LogP contribution < -0.4 is 4.90 Å². The van der Waals surface area contributed by atoms with E-state index in [9.17, 15) is 9.59 Å². The van der Waals surface area contributed by atoms with Gasteiger partial charge in [0.25, 0.3) is 0 Å². The summed E-state index contributed by atoms with van der Waals surface area (Å²) < 4.78 is 0. The van der Waals surface area contributed by atoms with Crippen molar-refractivity contribution in [3.05, 3.63) is 66.2 Å². The summed E-state index contributed by atoms with van der Waals surface area (Å²) in [6, 6.07) is 19.5. The molecular weight excluding hydrogens is 312 g/mol. The topological polar surface area (TPSA) is 40.6 Å². The van der Waals surface area contributed by atoms with Gasteiger partial charge in [-0.2, -0.15) is 0 Å². The van der Waals surface area contributed by atoms with E-state index in [0.29, 0.717) is 18.9 Å². The first-order valence-corrected chi connectivity index (χ1v) is 8.85. The number of carbonyl (C=O) groups is 2. The van der Waals surface area contributed by atoms with Gasteiger partial charge in [0.05, 0.1) is 0 Å². The van der Waals surface area contributed by atoms with Crippen LogP contribution in [0.1, 0.15) is 24.3 Å². The van der Waals surface area contributed by atoms with Gasteiger partial charge >= 0.3 is 0 Å². The smallest absolute Gasteiger partial charge is 0.249 e. The van der Waals surface area contributed by atoms with E-state index in [4.69, 9.17) is 0 Å². The predicted octanol–water partition coefficient (Wildman–Crippen LogP) is 3.05. The minimum atomic E-state index is -0.343. The van der Waals surface area contributed by atoms with Gasteiger partial charge in [0.1, 0.15) is 6.04 Å². The lowest BCUT2D eigenvalue weighted by Gasteiger charge is -2.24. The van der Waals surface area contributed by atoms with Crippen LogP contribution in [0.15, 0.2) is 60.7 Å². The maximum absolute atomic E-state index is 12.8. The van der Waals surface area contributed by atoms with Crippen LogP contribution in [0.5, 0.6) is 0 Å². The van der Waals surface area contributed by atoms with Gasteiger partial charge in [-0.05, 0) is 36.5 Å². The molecule has 1 saturated carbocycles. The highest BCUT2D eigenvalue weighted by molar-refractivity contribution is 6.01. The summed E-state index contributed by atoms with van der Waals surface area (Å²) in [5, 5.41) is 0. The van der Waals surface area contributed by atoms with Gasteiger partial charge in [0.15, 0.2) is 0 Å². The summed E-state index contributed by atoms with van der Waals surface area (Å²) in [5.74, 6) is 0.449. The SMILES string of the molecule is CN(C(=O)C1CC1c1ccccc1)C1CCN(c2ccccc2)C1=O. The molecular formula is C21H22N2O2. The molecule has 2 aliphatic rings. The fourth-order valence-corrected chi connectivity index (χ4v) is 3.84. The standard InChI is InChI=1S/C21H22N2O2/c1-22(20(24)18-14-17(18)15-8-4-2-5-9-15)19-12-13-23(21(19)25)16-10-6-3-7-11-16/h2-11,17-19H,12-14H2,1H3. The van der Waals surface area contributed by atoms with E-state index in [1.165, 1.54) is 5.56 Å². The van der Waals surface area contributed by atoms with Gasteiger partial charge in [0, 0.05) is 25.2 Å². The summed E-state index contributed by atoms with van der Waals surface area (Å²) in [7, 11) is 1.78. The monoisotopic (exact) mass is 334 g/mol. The van der Waals surface area contributed by atoms with Crippen molar-refractivity contribution in [2.24, 2.45) is 5.92 Å². The average Bonchev–Trinajstić information content (AvgIpc) is 3.37. The molecule has 25 heavy (non-hydrogen) atoms. The lowest BCUT2D eigenvalue weighted by molar-refractivity contribution is -0.137. The molecule has 1 heterocycles. The quantitative estimate of drug-likeness (QED) is 0.862. The second kappa shape index (κ2) is 6.36. The van der Waals surface area contributed by atoms with E-state index in [1.54, 1.807) is 16.8 Å². The largest absolute Gasteiger partial charge is 0.333 e. The molecule has 2 amide bonds. The van der Waals surface area contributed by atoms with E-state index in [1.807, 2.05) is 48.5 Å². The number of benzene rings is 2. The number of likely N-dealkylation sites (N-methyl/N-ethyl adjacent to an activating group) is 1. The number of hydrogen-bond donors (Lipinski definition) is 0. The van der Waals surface area contributed by atoms with Crippen LogP contribution in [0.4, 0.5) is 5.69 Å². The fraction of sp³-hybridized carbons (Fsp3) is 0.333.